The molecule has 3 rings (SSSR count). The maximum atomic E-state index is 14.0. The van der Waals surface area contributed by atoms with Gasteiger partial charge in [0.2, 0.25) is 0 Å². The van der Waals surface area contributed by atoms with Crippen LogP contribution in [0.2, 0.25) is 0 Å². The van der Waals surface area contributed by atoms with Gasteiger partial charge in [-0.3, -0.25) is 10.1 Å². The van der Waals surface area contributed by atoms with Gasteiger partial charge >= 0.3 is 0 Å². The molecule has 5 nitrogen and oxygen atoms in total. The fourth-order valence-corrected chi connectivity index (χ4v) is 2.86. The van der Waals surface area contributed by atoms with Gasteiger partial charge in [0.1, 0.15) is 11.6 Å². The van der Waals surface area contributed by atoms with Gasteiger partial charge < -0.3 is 5.32 Å². The molecule has 3 aromatic rings. The molecule has 0 unspecified atom stereocenters. The van der Waals surface area contributed by atoms with E-state index in [0.29, 0.717) is 22.2 Å². The lowest BCUT2D eigenvalue weighted by Crippen LogP contribution is -1.99. The molecule has 1 N–H and O–H groups in total. The molecule has 0 radical (unpaired) electrons. The number of nitro benzene ring substituents is 1. The maximum absolute atomic E-state index is 14.0. The van der Waals surface area contributed by atoms with E-state index >= 15 is 0 Å². The number of nitrogens with one attached hydrogen (secondary N) is 1. The van der Waals surface area contributed by atoms with Crippen LogP contribution < -0.4 is 5.32 Å². The van der Waals surface area contributed by atoms with Crippen molar-refractivity contribution in [3.8, 4) is 0 Å². The van der Waals surface area contributed by atoms with E-state index in [2.05, 4.69) is 10.3 Å². The molecule has 0 saturated heterocycles. The Kier molecular flexibility index (Phi) is 4.12. The Labute approximate surface area is 144 Å². The number of nitrogens with zero attached hydrogens (tertiary/aromatic N) is 2. The molecule has 7 heteroatoms. The third kappa shape index (κ3) is 2.96. The number of anilines is 2. The highest BCUT2D eigenvalue weighted by Crippen LogP contribution is 2.33. The molecule has 0 amide bonds. The summed E-state index contributed by atoms with van der Waals surface area (Å²) < 4.78 is 14.8. The lowest BCUT2D eigenvalue weighted by molar-refractivity contribution is -0.383. The predicted molar refractivity (Wildman–Crippen MR) is 95.5 cm³/mol. The molecule has 0 bridgehead atoms. The van der Waals surface area contributed by atoms with Gasteiger partial charge in [0.05, 0.1) is 16.0 Å². The van der Waals surface area contributed by atoms with Crippen molar-refractivity contribution in [3.63, 3.8) is 0 Å². The van der Waals surface area contributed by atoms with Crippen molar-refractivity contribution in [2.45, 2.75) is 6.92 Å². The minimum atomic E-state index is -0.410. The van der Waals surface area contributed by atoms with E-state index in [1.807, 2.05) is 22.6 Å². The molecule has 0 saturated carbocycles. The Bertz CT molecular complexity index is 931. The Hall–Kier alpha value is -2.29. The van der Waals surface area contributed by atoms with Gasteiger partial charge in [-0.15, -0.1) is 0 Å². The van der Waals surface area contributed by atoms with Crippen molar-refractivity contribution in [2.24, 2.45) is 0 Å². The SMILES string of the molecule is Cc1ccc2c(Nc3ccc(I)cc3F)nccc2c1[N+](=O)[O-]. The van der Waals surface area contributed by atoms with Crippen LogP contribution in [-0.4, -0.2) is 9.91 Å². The molecule has 2 aromatic carbocycles. The Balaban J connectivity index is 2.15. The van der Waals surface area contributed by atoms with Crippen molar-refractivity contribution in [1.29, 1.82) is 0 Å². The zero-order chi connectivity index (χ0) is 16.6. The summed E-state index contributed by atoms with van der Waals surface area (Å²) in [5.41, 5.74) is 0.879. The largest absolute Gasteiger partial charge is 0.337 e. The zero-order valence-electron chi connectivity index (χ0n) is 12.0. The molecular formula is C16H11FIN3O2. The van der Waals surface area contributed by atoms with Crippen molar-refractivity contribution in [3.05, 3.63) is 67.7 Å². The van der Waals surface area contributed by atoms with Gasteiger partial charge in [-0.25, -0.2) is 9.37 Å². The molecule has 0 aliphatic rings. The standard InChI is InChI=1S/C16H11FIN3O2/c1-9-2-4-12-11(15(9)21(22)23)6-7-19-16(12)20-14-5-3-10(18)8-13(14)17/h2-8H,1H3,(H,19,20). The van der Waals surface area contributed by atoms with Gasteiger partial charge in [0.15, 0.2) is 0 Å². The van der Waals surface area contributed by atoms with Crippen LogP contribution in [0.15, 0.2) is 42.6 Å². The van der Waals surface area contributed by atoms with Crippen LogP contribution in [0.4, 0.5) is 21.6 Å². The van der Waals surface area contributed by atoms with Crippen molar-refractivity contribution in [1.82, 2.24) is 4.98 Å². The van der Waals surface area contributed by atoms with Crippen LogP contribution in [0.25, 0.3) is 10.8 Å². The van der Waals surface area contributed by atoms with E-state index < -0.39 is 10.7 Å². The summed E-state index contributed by atoms with van der Waals surface area (Å²) in [6.07, 6.45) is 1.47. The smallest absolute Gasteiger partial charge is 0.280 e. The molecule has 1 heterocycles. The maximum Gasteiger partial charge on any atom is 0.280 e. The lowest BCUT2D eigenvalue weighted by Gasteiger charge is -2.10. The van der Waals surface area contributed by atoms with Gasteiger partial charge in [-0.2, -0.15) is 0 Å². The normalized spacial score (nSPS) is 10.7. The van der Waals surface area contributed by atoms with Crippen LogP contribution in [0.1, 0.15) is 5.56 Å². The summed E-state index contributed by atoms with van der Waals surface area (Å²) in [6.45, 7) is 1.68. The van der Waals surface area contributed by atoms with Gasteiger partial charge in [-0.05, 0) is 59.8 Å². The van der Waals surface area contributed by atoms with Gasteiger partial charge in [0, 0.05) is 20.7 Å². The molecule has 23 heavy (non-hydrogen) atoms. The molecule has 116 valence electrons. The molecule has 0 fully saturated rings. The van der Waals surface area contributed by atoms with E-state index in [4.69, 9.17) is 0 Å². The molecule has 0 aliphatic carbocycles. The van der Waals surface area contributed by atoms with Crippen LogP contribution in [-0.2, 0) is 0 Å². The number of nitro groups is 1. The van der Waals surface area contributed by atoms with Crippen LogP contribution >= 0.6 is 22.6 Å². The van der Waals surface area contributed by atoms with E-state index in [0.717, 1.165) is 3.57 Å². The summed E-state index contributed by atoms with van der Waals surface area (Å²) in [4.78, 5) is 15.1. The number of halogens is 2. The van der Waals surface area contributed by atoms with E-state index in [-0.39, 0.29) is 11.4 Å². The van der Waals surface area contributed by atoms with Crippen molar-refractivity contribution >= 4 is 50.6 Å². The Morgan fingerprint density at radius 3 is 2.70 bits per heavy atom. The first-order valence-corrected chi connectivity index (χ1v) is 7.80. The monoisotopic (exact) mass is 423 g/mol. The number of benzene rings is 2. The second-order valence-electron chi connectivity index (χ2n) is 4.99. The minimum Gasteiger partial charge on any atom is -0.337 e. The molecule has 1 aromatic heterocycles. The quantitative estimate of drug-likeness (QED) is 0.368. The first kappa shape index (κ1) is 15.6. The number of aryl methyl sites for hydroxylation is 1. The first-order chi connectivity index (χ1) is 11.0. The Morgan fingerprint density at radius 1 is 1.22 bits per heavy atom. The fourth-order valence-electron chi connectivity index (χ4n) is 2.41. The predicted octanol–water partition coefficient (Wildman–Crippen LogP) is 4.94. The highest BCUT2D eigenvalue weighted by atomic mass is 127. The fraction of sp³-hybridized carbons (Fsp3) is 0.0625. The highest BCUT2D eigenvalue weighted by Gasteiger charge is 2.18. The average molecular weight is 423 g/mol. The summed E-state index contributed by atoms with van der Waals surface area (Å²) >= 11 is 2.02. The number of pyridine rings is 1. The first-order valence-electron chi connectivity index (χ1n) is 6.72. The second-order valence-corrected chi connectivity index (χ2v) is 6.24. The van der Waals surface area contributed by atoms with Crippen LogP contribution in [0.5, 0.6) is 0 Å². The number of aromatic nitrogens is 1. The summed E-state index contributed by atoms with van der Waals surface area (Å²) in [6, 6.07) is 9.79. The molecule has 0 atom stereocenters. The van der Waals surface area contributed by atoms with Crippen LogP contribution in [0.3, 0.4) is 0 Å². The second kappa shape index (κ2) is 6.07. The summed E-state index contributed by atoms with van der Waals surface area (Å²) in [5, 5.41) is 15.3. The van der Waals surface area contributed by atoms with E-state index in [1.165, 1.54) is 12.3 Å². The number of hydrogen-bond acceptors (Lipinski definition) is 4. The molecule has 0 spiro atoms. The van der Waals surface area contributed by atoms with Crippen molar-refractivity contribution in [2.75, 3.05) is 5.32 Å². The zero-order valence-corrected chi connectivity index (χ0v) is 14.2. The topological polar surface area (TPSA) is 68.1 Å². The highest BCUT2D eigenvalue weighted by molar-refractivity contribution is 14.1. The number of rotatable bonds is 3. The van der Waals surface area contributed by atoms with E-state index in [1.54, 1.807) is 37.3 Å². The van der Waals surface area contributed by atoms with Gasteiger partial charge in [0.25, 0.3) is 5.69 Å². The summed E-state index contributed by atoms with van der Waals surface area (Å²) in [7, 11) is 0. The number of fused-ring (bicyclic) bond motifs is 1. The van der Waals surface area contributed by atoms with Crippen LogP contribution in [0, 0.1) is 26.4 Å². The van der Waals surface area contributed by atoms with Gasteiger partial charge in [-0.1, -0.05) is 6.07 Å². The molecule has 0 aliphatic heterocycles. The number of hydrogen-bond donors (Lipinski definition) is 1. The van der Waals surface area contributed by atoms with E-state index in [9.17, 15) is 14.5 Å². The van der Waals surface area contributed by atoms with Crippen molar-refractivity contribution < 1.29 is 9.31 Å². The average Bonchev–Trinajstić information content (AvgIpc) is 2.49. The third-order valence-corrected chi connectivity index (χ3v) is 4.16. The lowest BCUT2D eigenvalue weighted by atomic mass is 10.1. The summed E-state index contributed by atoms with van der Waals surface area (Å²) in [5.74, 6) is -0.0250. The third-order valence-electron chi connectivity index (χ3n) is 3.49. The minimum absolute atomic E-state index is 0.0380. The molecular weight excluding hydrogens is 412 g/mol. The Morgan fingerprint density at radius 2 is 2.00 bits per heavy atom.